The number of esters is 2. The van der Waals surface area contributed by atoms with Crippen LogP contribution in [0.1, 0.15) is 91.2 Å². The molecule has 44 heavy (non-hydrogen) atoms. The monoisotopic (exact) mass is 625 g/mol. The summed E-state index contributed by atoms with van der Waals surface area (Å²) in [5.41, 5.74) is -1.53. The summed E-state index contributed by atoms with van der Waals surface area (Å²) in [5.74, 6) is -1.35. The Labute approximate surface area is 258 Å². The van der Waals surface area contributed by atoms with Crippen molar-refractivity contribution >= 4 is 23.8 Å². The van der Waals surface area contributed by atoms with E-state index in [1.54, 1.807) is 41.5 Å². The SMILES string of the molecule is CC(C)(C)OC(=O)C1CCCN1C(=O)CCN(CCC(=O)N1CCCC1C(=O)OC(C)(C)C)Cc1ccc(C(F)(F)F)cc1. The van der Waals surface area contributed by atoms with Crippen LogP contribution in [0.25, 0.3) is 0 Å². The fourth-order valence-electron chi connectivity index (χ4n) is 5.48. The minimum atomic E-state index is -4.46. The zero-order valence-corrected chi connectivity index (χ0v) is 26.7. The molecule has 2 unspecified atom stereocenters. The normalized spacial score (nSPS) is 19.4. The van der Waals surface area contributed by atoms with Crippen LogP contribution in [0, 0.1) is 0 Å². The van der Waals surface area contributed by atoms with Crippen LogP contribution in [-0.4, -0.2) is 87.9 Å². The third kappa shape index (κ3) is 10.5. The minimum absolute atomic E-state index is 0.0539. The summed E-state index contributed by atoms with van der Waals surface area (Å²) in [7, 11) is 0. The summed E-state index contributed by atoms with van der Waals surface area (Å²) in [5, 5.41) is 0. The van der Waals surface area contributed by atoms with Gasteiger partial charge < -0.3 is 19.3 Å². The number of likely N-dealkylation sites (tertiary alicyclic amines) is 2. The first-order valence-corrected chi connectivity index (χ1v) is 15.3. The Hall–Kier alpha value is -3.15. The molecule has 0 saturated carbocycles. The molecule has 2 atom stereocenters. The van der Waals surface area contributed by atoms with Crippen LogP contribution in [0.5, 0.6) is 0 Å². The number of hydrogen-bond acceptors (Lipinski definition) is 7. The summed E-state index contributed by atoms with van der Waals surface area (Å²) < 4.78 is 50.3. The Kier molecular flexibility index (Phi) is 11.5. The van der Waals surface area contributed by atoms with E-state index in [-0.39, 0.29) is 44.3 Å². The Morgan fingerprint density at radius 3 is 1.52 bits per heavy atom. The second-order valence-corrected chi connectivity index (χ2v) is 13.5. The molecule has 2 heterocycles. The highest BCUT2D eigenvalue weighted by Gasteiger charge is 2.38. The Morgan fingerprint density at radius 2 is 1.16 bits per heavy atom. The molecule has 2 aliphatic rings. The maximum absolute atomic E-state index is 13.3. The minimum Gasteiger partial charge on any atom is -0.458 e. The van der Waals surface area contributed by atoms with Gasteiger partial charge in [-0.3, -0.25) is 14.5 Å². The number of halogens is 3. The first-order valence-electron chi connectivity index (χ1n) is 15.3. The van der Waals surface area contributed by atoms with Gasteiger partial charge in [0.25, 0.3) is 0 Å². The van der Waals surface area contributed by atoms with Crippen LogP contribution >= 0.6 is 0 Å². The molecule has 0 radical (unpaired) electrons. The van der Waals surface area contributed by atoms with Gasteiger partial charge >= 0.3 is 18.1 Å². The lowest BCUT2D eigenvalue weighted by Gasteiger charge is -2.29. The van der Waals surface area contributed by atoms with Gasteiger partial charge in [-0.25, -0.2) is 9.59 Å². The lowest BCUT2D eigenvalue weighted by molar-refractivity contribution is -0.163. The fraction of sp³-hybridized carbons (Fsp3) is 0.688. The number of carbonyl (C=O) groups is 4. The van der Waals surface area contributed by atoms with E-state index in [1.807, 2.05) is 4.90 Å². The van der Waals surface area contributed by atoms with Gasteiger partial charge in [-0.1, -0.05) is 12.1 Å². The molecule has 9 nitrogen and oxygen atoms in total. The summed E-state index contributed by atoms with van der Waals surface area (Å²) in [6.45, 7) is 12.1. The standard InChI is InChI=1S/C32H46F3N3O6/c1-30(2,3)43-28(41)24-9-7-17-37(24)26(39)15-19-36(21-22-11-13-23(14-12-22)32(33,34)35)20-16-27(40)38-18-8-10-25(38)29(42)44-31(4,5)6/h11-14,24-25H,7-10,15-21H2,1-6H3. The van der Waals surface area contributed by atoms with Crippen molar-refractivity contribution in [2.24, 2.45) is 0 Å². The highest BCUT2D eigenvalue weighted by Crippen LogP contribution is 2.29. The molecule has 2 fully saturated rings. The molecular weight excluding hydrogens is 579 g/mol. The average molecular weight is 626 g/mol. The topological polar surface area (TPSA) is 96.5 Å². The molecule has 0 N–H and O–H groups in total. The highest BCUT2D eigenvalue weighted by atomic mass is 19.4. The quantitative estimate of drug-likeness (QED) is 0.340. The number of hydrogen-bond donors (Lipinski definition) is 0. The molecular formula is C32H46F3N3O6. The smallest absolute Gasteiger partial charge is 0.416 e. The van der Waals surface area contributed by atoms with Crippen molar-refractivity contribution in [3.63, 3.8) is 0 Å². The van der Waals surface area contributed by atoms with Gasteiger partial charge in [0.15, 0.2) is 0 Å². The molecule has 2 saturated heterocycles. The fourth-order valence-corrected chi connectivity index (χ4v) is 5.48. The van der Waals surface area contributed by atoms with E-state index >= 15 is 0 Å². The number of benzene rings is 1. The summed E-state index contributed by atoms with van der Waals surface area (Å²) in [4.78, 5) is 56.9. The van der Waals surface area contributed by atoms with Crippen LogP contribution in [0.4, 0.5) is 13.2 Å². The molecule has 2 aliphatic heterocycles. The van der Waals surface area contributed by atoms with Crippen LogP contribution in [0.15, 0.2) is 24.3 Å². The van der Waals surface area contributed by atoms with Gasteiger partial charge in [0.05, 0.1) is 5.56 Å². The van der Waals surface area contributed by atoms with Crippen LogP contribution in [0.3, 0.4) is 0 Å². The maximum atomic E-state index is 13.3. The van der Waals surface area contributed by atoms with Gasteiger partial charge in [0, 0.05) is 45.6 Å². The number of ether oxygens (including phenoxy) is 2. The van der Waals surface area contributed by atoms with E-state index in [9.17, 15) is 32.3 Å². The second-order valence-electron chi connectivity index (χ2n) is 13.5. The van der Waals surface area contributed by atoms with Gasteiger partial charge in [-0.15, -0.1) is 0 Å². The third-order valence-corrected chi connectivity index (χ3v) is 7.48. The van der Waals surface area contributed by atoms with Crippen molar-refractivity contribution in [3.05, 3.63) is 35.4 Å². The number of amides is 2. The molecule has 0 aliphatic carbocycles. The van der Waals surface area contributed by atoms with Crippen molar-refractivity contribution in [2.75, 3.05) is 26.2 Å². The molecule has 2 amide bonds. The van der Waals surface area contributed by atoms with Crippen molar-refractivity contribution in [3.8, 4) is 0 Å². The largest absolute Gasteiger partial charge is 0.458 e. The number of nitrogens with zero attached hydrogens (tertiary/aromatic N) is 3. The van der Waals surface area contributed by atoms with E-state index in [0.717, 1.165) is 12.1 Å². The van der Waals surface area contributed by atoms with Gasteiger partial charge in [-0.05, 0) is 84.9 Å². The lowest BCUT2D eigenvalue weighted by Crippen LogP contribution is -2.45. The van der Waals surface area contributed by atoms with Crippen molar-refractivity contribution in [2.45, 2.75) is 116 Å². The highest BCUT2D eigenvalue weighted by molar-refractivity contribution is 5.86. The predicted molar refractivity (Wildman–Crippen MR) is 157 cm³/mol. The van der Waals surface area contributed by atoms with E-state index < -0.39 is 47.0 Å². The molecule has 246 valence electrons. The van der Waals surface area contributed by atoms with E-state index in [0.29, 0.717) is 44.3 Å². The lowest BCUT2D eigenvalue weighted by atomic mass is 10.1. The molecule has 1 aromatic rings. The summed E-state index contributed by atoms with van der Waals surface area (Å²) >= 11 is 0. The Balaban J connectivity index is 1.68. The number of alkyl halides is 3. The summed E-state index contributed by atoms with van der Waals surface area (Å²) in [6.07, 6.45) is -1.98. The molecule has 0 spiro atoms. The first-order chi connectivity index (χ1) is 20.3. The second kappa shape index (κ2) is 14.3. The van der Waals surface area contributed by atoms with Crippen molar-refractivity contribution < 1.29 is 41.8 Å². The van der Waals surface area contributed by atoms with E-state index in [4.69, 9.17) is 9.47 Å². The van der Waals surface area contributed by atoms with E-state index in [2.05, 4.69) is 0 Å². The van der Waals surface area contributed by atoms with Crippen molar-refractivity contribution in [1.82, 2.24) is 14.7 Å². The van der Waals surface area contributed by atoms with Gasteiger partial charge in [-0.2, -0.15) is 13.2 Å². The first kappa shape index (κ1) is 35.3. The number of carbonyl (C=O) groups excluding carboxylic acids is 4. The molecule has 0 aromatic heterocycles. The maximum Gasteiger partial charge on any atom is 0.416 e. The molecule has 12 heteroatoms. The molecule has 1 aromatic carbocycles. The Morgan fingerprint density at radius 1 is 0.750 bits per heavy atom. The predicted octanol–water partition coefficient (Wildman–Crippen LogP) is 4.95. The molecule has 0 bridgehead atoms. The average Bonchev–Trinajstić information content (AvgIpc) is 3.58. The summed E-state index contributed by atoms with van der Waals surface area (Å²) in [6, 6.07) is 3.47. The zero-order valence-electron chi connectivity index (χ0n) is 26.7. The molecule has 3 rings (SSSR count). The van der Waals surface area contributed by atoms with E-state index in [1.165, 1.54) is 21.9 Å². The van der Waals surface area contributed by atoms with Crippen molar-refractivity contribution in [1.29, 1.82) is 0 Å². The zero-order chi connectivity index (χ0) is 32.9. The van der Waals surface area contributed by atoms with Crippen LogP contribution < -0.4 is 0 Å². The van der Waals surface area contributed by atoms with Crippen LogP contribution in [-0.2, 0) is 41.4 Å². The third-order valence-electron chi connectivity index (χ3n) is 7.48. The van der Waals surface area contributed by atoms with Gasteiger partial charge in [0.2, 0.25) is 11.8 Å². The Bertz CT molecular complexity index is 1110. The van der Waals surface area contributed by atoms with Crippen LogP contribution in [0.2, 0.25) is 0 Å². The van der Waals surface area contributed by atoms with Gasteiger partial charge in [0.1, 0.15) is 23.3 Å². The number of rotatable bonds is 10.